The number of hydrogen-bond donors (Lipinski definition) is 0. The molecule has 1 amide bonds. The molecule has 0 N–H and O–H groups in total. The van der Waals surface area contributed by atoms with Crippen molar-refractivity contribution in [2.75, 3.05) is 26.2 Å². The van der Waals surface area contributed by atoms with Crippen molar-refractivity contribution in [2.45, 2.75) is 18.7 Å². The molecular weight excluding hydrogens is 374 g/mol. The third-order valence-corrected chi connectivity index (χ3v) is 6.62. The summed E-state index contributed by atoms with van der Waals surface area (Å²) in [5, 5.41) is 11.0. The lowest BCUT2D eigenvalue weighted by molar-refractivity contribution is -0.385. The Hall–Kier alpha value is -2.72. The van der Waals surface area contributed by atoms with Gasteiger partial charge in [0.2, 0.25) is 10.0 Å². The summed E-state index contributed by atoms with van der Waals surface area (Å²) >= 11 is 0. The van der Waals surface area contributed by atoms with Crippen LogP contribution in [0.15, 0.2) is 39.8 Å². The number of furan rings is 1. The number of hydrogen-bond acceptors (Lipinski definition) is 6. The zero-order valence-electron chi connectivity index (χ0n) is 14.9. The van der Waals surface area contributed by atoms with Crippen molar-refractivity contribution in [2.24, 2.45) is 0 Å². The number of carbonyl (C=O) groups excluding carboxylic acids is 1. The summed E-state index contributed by atoms with van der Waals surface area (Å²) in [5.41, 5.74) is 0.883. The van der Waals surface area contributed by atoms with Crippen LogP contribution in [0.4, 0.5) is 5.69 Å². The van der Waals surface area contributed by atoms with Crippen molar-refractivity contribution in [1.29, 1.82) is 0 Å². The van der Waals surface area contributed by atoms with Crippen molar-refractivity contribution in [1.82, 2.24) is 9.21 Å². The Morgan fingerprint density at radius 2 is 1.78 bits per heavy atom. The minimum Gasteiger partial charge on any atom is -0.459 e. The predicted molar refractivity (Wildman–Crippen MR) is 95.9 cm³/mol. The first-order valence-corrected chi connectivity index (χ1v) is 9.74. The normalized spacial score (nSPS) is 15.7. The van der Waals surface area contributed by atoms with E-state index in [0.717, 1.165) is 11.6 Å². The fourth-order valence-electron chi connectivity index (χ4n) is 2.99. The molecule has 144 valence electrons. The quantitative estimate of drug-likeness (QED) is 0.579. The zero-order chi connectivity index (χ0) is 19.8. The number of non-ortho nitro benzene ring substituents is 1. The standard InChI is InChI=1S/C17H19N3O6S/c1-12-3-4-14(20(22)23)11-15(12)27(24,25)19-8-6-18(7-9-19)17(21)16-13(2)5-10-26-16/h3-5,10-11H,6-9H2,1-2H3. The number of aryl methyl sites for hydroxylation is 2. The Morgan fingerprint density at radius 1 is 1.11 bits per heavy atom. The molecule has 0 radical (unpaired) electrons. The highest BCUT2D eigenvalue weighted by atomic mass is 32.2. The zero-order valence-corrected chi connectivity index (χ0v) is 15.7. The van der Waals surface area contributed by atoms with Gasteiger partial charge in [-0.25, -0.2) is 8.42 Å². The van der Waals surface area contributed by atoms with E-state index in [-0.39, 0.29) is 48.4 Å². The highest BCUT2D eigenvalue weighted by molar-refractivity contribution is 7.89. The van der Waals surface area contributed by atoms with E-state index in [1.807, 2.05) is 0 Å². The average molecular weight is 393 g/mol. The molecule has 1 aliphatic heterocycles. The molecule has 2 heterocycles. The highest BCUT2D eigenvalue weighted by Crippen LogP contribution is 2.26. The minimum atomic E-state index is -3.89. The first-order chi connectivity index (χ1) is 12.7. The lowest BCUT2D eigenvalue weighted by atomic mass is 10.2. The van der Waals surface area contributed by atoms with Gasteiger partial charge in [0.05, 0.1) is 16.1 Å². The molecule has 9 nitrogen and oxygen atoms in total. The van der Waals surface area contributed by atoms with Crippen LogP contribution in [0, 0.1) is 24.0 Å². The van der Waals surface area contributed by atoms with Gasteiger partial charge in [-0.1, -0.05) is 6.07 Å². The van der Waals surface area contributed by atoms with Crippen LogP contribution in [0.3, 0.4) is 0 Å². The molecule has 27 heavy (non-hydrogen) atoms. The van der Waals surface area contributed by atoms with Crippen LogP contribution in [0.2, 0.25) is 0 Å². The van der Waals surface area contributed by atoms with Crippen LogP contribution in [-0.2, 0) is 10.0 Å². The summed E-state index contributed by atoms with van der Waals surface area (Å²) in [6, 6.07) is 5.47. The number of rotatable bonds is 4. The molecule has 2 aromatic rings. The molecule has 0 bridgehead atoms. The first-order valence-electron chi connectivity index (χ1n) is 8.30. The second kappa shape index (κ2) is 7.12. The van der Waals surface area contributed by atoms with Crippen molar-refractivity contribution in [3.05, 3.63) is 57.5 Å². The fraction of sp³-hybridized carbons (Fsp3) is 0.353. The number of nitro benzene ring substituents is 1. The summed E-state index contributed by atoms with van der Waals surface area (Å²) < 4.78 is 32.3. The topological polar surface area (TPSA) is 114 Å². The van der Waals surface area contributed by atoms with E-state index in [1.54, 1.807) is 19.9 Å². The second-order valence-corrected chi connectivity index (χ2v) is 8.24. The van der Waals surface area contributed by atoms with Crippen LogP contribution in [0.1, 0.15) is 21.7 Å². The van der Waals surface area contributed by atoms with Gasteiger partial charge in [-0.15, -0.1) is 0 Å². The van der Waals surface area contributed by atoms with Crippen LogP contribution >= 0.6 is 0 Å². The molecule has 0 unspecified atom stereocenters. The third-order valence-electron chi connectivity index (χ3n) is 4.58. The highest BCUT2D eigenvalue weighted by Gasteiger charge is 2.33. The van der Waals surface area contributed by atoms with Gasteiger partial charge < -0.3 is 9.32 Å². The molecule has 0 saturated carbocycles. The van der Waals surface area contributed by atoms with E-state index in [0.29, 0.717) is 5.56 Å². The summed E-state index contributed by atoms with van der Waals surface area (Å²) in [5.74, 6) is -0.0260. The number of sulfonamides is 1. The van der Waals surface area contributed by atoms with E-state index in [4.69, 9.17) is 4.42 Å². The van der Waals surface area contributed by atoms with Crippen molar-refractivity contribution < 1.29 is 22.6 Å². The predicted octanol–water partition coefficient (Wildman–Crippen LogP) is 1.95. The molecule has 1 aromatic heterocycles. The van der Waals surface area contributed by atoms with Crippen molar-refractivity contribution in [3.63, 3.8) is 0 Å². The number of nitrogens with zero attached hydrogens (tertiary/aromatic N) is 3. The smallest absolute Gasteiger partial charge is 0.289 e. The Kier molecular flexibility index (Phi) is 5.03. The summed E-state index contributed by atoms with van der Waals surface area (Å²) in [4.78, 5) is 24.3. The lowest BCUT2D eigenvalue weighted by Gasteiger charge is -2.33. The van der Waals surface area contributed by atoms with Gasteiger partial charge in [-0.3, -0.25) is 14.9 Å². The SMILES string of the molecule is Cc1ccc([N+](=O)[O-])cc1S(=O)(=O)N1CCN(C(=O)c2occc2C)CC1. The van der Waals surface area contributed by atoms with Crippen LogP contribution in [0.5, 0.6) is 0 Å². The van der Waals surface area contributed by atoms with E-state index in [1.165, 1.54) is 27.6 Å². The van der Waals surface area contributed by atoms with Gasteiger partial charge in [-0.2, -0.15) is 4.31 Å². The van der Waals surface area contributed by atoms with Gasteiger partial charge in [-0.05, 0) is 25.5 Å². The molecule has 1 aromatic carbocycles. The monoisotopic (exact) mass is 393 g/mol. The van der Waals surface area contributed by atoms with E-state index < -0.39 is 14.9 Å². The van der Waals surface area contributed by atoms with Gasteiger partial charge >= 0.3 is 0 Å². The van der Waals surface area contributed by atoms with Crippen LogP contribution in [-0.4, -0.2) is 54.6 Å². The Bertz CT molecular complexity index is 990. The maximum absolute atomic E-state index is 12.9. The first kappa shape index (κ1) is 19.1. The molecule has 0 aliphatic carbocycles. The minimum absolute atomic E-state index is 0.0849. The van der Waals surface area contributed by atoms with E-state index in [2.05, 4.69) is 0 Å². The molecule has 1 saturated heterocycles. The fourth-order valence-corrected chi connectivity index (χ4v) is 4.65. The molecule has 0 spiro atoms. The summed E-state index contributed by atoms with van der Waals surface area (Å²) in [6.45, 7) is 4.00. The number of amides is 1. The van der Waals surface area contributed by atoms with Gasteiger partial charge in [0, 0.05) is 43.9 Å². The van der Waals surface area contributed by atoms with E-state index in [9.17, 15) is 23.3 Å². The summed E-state index contributed by atoms with van der Waals surface area (Å²) in [7, 11) is -3.89. The Morgan fingerprint density at radius 3 is 2.33 bits per heavy atom. The number of nitro groups is 1. The van der Waals surface area contributed by atoms with E-state index >= 15 is 0 Å². The summed E-state index contributed by atoms with van der Waals surface area (Å²) in [6.07, 6.45) is 1.44. The average Bonchev–Trinajstić information content (AvgIpc) is 3.07. The Labute approximate surface area is 156 Å². The number of piperazine rings is 1. The molecule has 1 aliphatic rings. The molecule has 10 heteroatoms. The second-order valence-electron chi connectivity index (χ2n) is 6.34. The number of carbonyl (C=O) groups is 1. The molecule has 0 atom stereocenters. The molecular formula is C17H19N3O6S. The van der Waals surface area contributed by atoms with Crippen LogP contribution < -0.4 is 0 Å². The maximum atomic E-state index is 12.9. The molecule has 3 rings (SSSR count). The van der Waals surface area contributed by atoms with Gasteiger partial charge in [0.1, 0.15) is 0 Å². The van der Waals surface area contributed by atoms with Gasteiger partial charge in [0.15, 0.2) is 5.76 Å². The van der Waals surface area contributed by atoms with Crippen molar-refractivity contribution >= 4 is 21.6 Å². The maximum Gasteiger partial charge on any atom is 0.289 e. The van der Waals surface area contributed by atoms with Crippen molar-refractivity contribution in [3.8, 4) is 0 Å². The van der Waals surface area contributed by atoms with Gasteiger partial charge in [0.25, 0.3) is 11.6 Å². The third kappa shape index (κ3) is 3.58. The molecule has 1 fully saturated rings. The van der Waals surface area contributed by atoms with Crippen LogP contribution in [0.25, 0.3) is 0 Å². The lowest BCUT2D eigenvalue weighted by Crippen LogP contribution is -2.50. The Balaban J connectivity index is 1.77. The number of benzene rings is 1. The largest absolute Gasteiger partial charge is 0.459 e.